The van der Waals surface area contributed by atoms with Gasteiger partial charge in [-0.15, -0.1) is 0 Å². The van der Waals surface area contributed by atoms with E-state index in [0.717, 1.165) is 0 Å². The van der Waals surface area contributed by atoms with E-state index >= 15 is 0 Å². The maximum absolute atomic E-state index is 13.3. The fourth-order valence-electron chi connectivity index (χ4n) is 2.09. The second-order valence-electron chi connectivity index (χ2n) is 4.66. The second kappa shape index (κ2) is 8.79. The molecule has 0 radical (unpaired) electrons. The third-order valence-corrected chi connectivity index (χ3v) is 5.86. The molecule has 2 rings (SSSR count). The lowest BCUT2D eigenvalue weighted by Crippen LogP contribution is -2.17. The molecule has 1 heterocycles. The lowest BCUT2D eigenvalue weighted by atomic mass is 10.2. The van der Waals surface area contributed by atoms with Gasteiger partial charge in [0.2, 0.25) is 5.95 Å². The van der Waals surface area contributed by atoms with Gasteiger partial charge in [0, 0.05) is 28.0 Å². The zero-order valence-corrected chi connectivity index (χ0v) is 15.7. The molecule has 24 heavy (non-hydrogen) atoms. The summed E-state index contributed by atoms with van der Waals surface area (Å²) in [5.41, 5.74) is 0.527. The summed E-state index contributed by atoms with van der Waals surface area (Å²) in [7, 11) is -3.58. The van der Waals surface area contributed by atoms with Crippen molar-refractivity contribution in [2.45, 2.75) is 19.6 Å². The fourth-order valence-corrected chi connectivity index (χ4v) is 4.62. The van der Waals surface area contributed by atoms with Gasteiger partial charge in [-0.1, -0.05) is 29.3 Å². The normalized spacial score (nSPS) is 12.8. The molecule has 0 saturated heterocycles. The first kappa shape index (κ1) is 19.2. The summed E-state index contributed by atoms with van der Waals surface area (Å²) in [5, 5.41) is 3.82. The highest BCUT2D eigenvalue weighted by Gasteiger charge is 2.38. The van der Waals surface area contributed by atoms with Gasteiger partial charge in [0.1, 0.15) is 0 Å². The van der Waals surface area contributed by atoms with E-state index in [0.29, 0.717) is 15.6 Å². The van der Waals surface area contributed by atoms with Crippen LogP contribution in [-0.2, 0) is 13.6 Å². The summed E-state index contributed by atoms with van der Waals surface area (Å²) in [6, 6.07) is 6.59. The number of nitrogens with zero attached hydrogens (tertiary/aromatic N) is 2. The zero-order chi connectivity index (χ0) is 17.6. The third kappa shape index (κ3) is 4.68. The standard InChI is InChI=1S/C15H18Cl2N3O3P/c1-3-22-24(21,23-4-2)14(20-15-18-8-5-9-19-15)12-7-6-11(16)10-13(12)17/h5-10,14H,3-4H2,1-2H3,(H,18,19,20). The van der Waals surface area contributed by atoms with E-state index in [2.05, 4.69) is 15.3 Å². The number of rotatable bonds is 8. The Morgan fingerprint density at radius 1 is 1.17 bits per heavy atom. The van der Waals surface area contributed by atoms with Crippen LogP contribution in [0.5, 0.6) is 0 Å². The lowest BCUT2D eigenvalue weighted by molar-refractivity contribution is 0.214. The number of anilines is 1. The molecule has 0 aliphatic heterocycles. The quantitative estimate of drug-likeness (QED) is 0.628. The minimum atomic E-state index is -3.58. The Kier molecular flexibility index (Phi) is 7.02. The number of hydrogen-bond acceptors (Lipinski definition) is 6. The molecule has 0 bridgehead atoms. The predicted octanol–water partition coefficient (Wildman–Crippen LogP) is 5.16. The Labute approximate surface area is 151 Å². The average molecular weight is 390 g/mol. The molecule has 2 aromatic rings. The van der Waals surface area contributed by atoms with E-state index in [4.69, 9.17) is 32.2 Å². The van der Waals surface area contributed by atoms with Crippen molar-refractivity contribution in [3.05, 3.63) is 52.3 Å². The second-order valence-corrected chi connectivity index (χ2v) is 7.62. The van der Waals surface area contributed by atoms with Crippen LogP contribution >= 0.6 is 30.8 Å². The highest BCUT2D eigenvalue weighted by atomic mass is 35.5. The summed E-state index contributed by atoms with van der Waals surface area (Å²) < 4.78 is 24.2. The van der Waals surface area contributed by atoms with Crippen molar-refractivity contribution >= 4 is 36.7 Å². The largest absolute Gasteiger partial charge is 0.357 e. The molecule has 0 saturated carbocycles. The summed E-state index contributed by atoms with van der Waals surface area (Å²) in [6.45, 7) is 3.92. The van der Waals surface area contributed by atoms with Crippen molar-refractivity contribution in [1.82, 2.24) is 9.97 Å². The van der Waals surface area contributed by atoms with Gasteiger partial charge in [0.25, 0.3) is 0 Å². The maximum Gasteiger partial charge on any atom is 0.357 e. The maximum atomic E-state index is 13.3. The summed E-state index contributed by atoms with van der Waals surface area (Å²) >= 11 is 12.3. The zero-order valence-electron chi connectivity index (χ0n) is 13.3. The third-order valence-electron chi connectivity index (χ3n) is 3.02. The molecule has 0 amide bonds. The van der Waals surface area contributed by atoms with Gasteiger partial charge in [0.15, 0.2) is 5.78 Å². The SMILES string of the molecule is CCOP(=O)(OCC)C(Nc1ncccn1)c1ccc(Cl)cc1Cl. The van der Waals surface area contributed by atoms with Crippen LogP contribution in [0.2, 0.25) is 10.0 Å². The summed E-state index contributed by atoms with van der Waals surface area (Å²) in [4.78, 5) is 8.20. The van der Waals surface area contributed by atoms with Crippen LogP contribution in [0.4, 0.5) is 5.95 Å². The summed E-state index contributed by atoms with van der Waals surface area (Å²) in [5.74, 6) is -0.585. The smallest absolute Gasteiger partial charge is 0.336 e. The molecule has 6 nitrogen and oxygen atoms in total. The number of aromatic nitrogens is 2. The van der Waals surface area contributed by atoms with E-state index in [1.165, 1.54) is 0 Å². The van der Waals surface area contributed by atoms with Crippen molar-refractivity contribution in [3.8, 4) is 0 Å². The van der Waals surface area contributed by atoms with Crippen molar-refractivity contribution in [2.75, 3.05) is 18.5 Å². The highest BCUT2D eigenvalue weighted by Crippen LogP contribution is 2.61. The molecule has 1 unspecified atom stereocenters. The Hall–Kier alpha value is -1.17. The van der Waals surface area contributed by atoms with Gasteiger partial charge in [0.05, 0.1) is 13.2 Å². The van der Waals surface area contributed by atoms with Gasteiger partial charge in [-0.05, 0) is 32.0 Å². The van der Waals surface area contributed by atoms with E-state index in [9.17, 15) is 4.57 Å². The Bertz CT molecular complexity index is 708. The van der Waals surface area contributed by atoms with E-state index in [1.54, 1.807) is 50.5 Å². The Morgan fingerprint density at radius 3 is 2.33 bits per heavy atom. The minimum absolute atomic E-state index is 0.219. The van der Waals surface area contributed by atoms with E-state index in [1.807, 2.05) is 0 Å². The summed E-state index contributed by atoms with van der Waals surface area (Å²) in [6.07, 6.45) is 3.14. The van der Waals surface area contributed by atoms with Gasteiger partial charge in [-0.2, -0.15) is 0 Å². The van der Waals surface area contributed by atoms with Crippen LogP contribution in [0.1, 0.15) is 25.2 Å². The number of benzene rings is 1. The highest BCUT2D eigenvalue weighted by molar-refractivity contribution is 7.54. The van der Waals surface area contributed by atoms with Crippen LogP contribution in [0, 0.1) is 0 Å². The van der Waals surface area contributed by atoms with E-state index in [-0.39, 0.29) is 19.2 Å². The molecule has 0 spiro atoms. The van der Waals surface area contributed by atoms with Crippen LogP contribution in [-0.4, -0.2) is 23.2 Å². The first-order valence-corrected chi connectivity index (χ1v) is 9.74. The number of halogens is 2. The molecule has 130 valence electrons. The van der Waals surface area contributed by atoms with Crippen LogP contribution in [0.25, 0.3) is 0 Å². The minimum Gasteiger partial charge on any atom is -0.336 e. The first-order valence-electron chi connectivity index (χ1n) is 7.37. The number of nitrogens with one attached hydrogen (secondary N) is 1. The molecule has 0 fully saturated rings. The Morgan fingerprint density at radius 2 is 1.79 bits per heavy atom. The van der Waals surface area contributed by atoms with Crippen molar-refractivity contribution in [3.63, 3.8) is 0 Å². The fraction of sp³-hybridized carbons (Fsp3) is 0.333. The molecule has 1 aromatic heterocycles. The van der Waals surface area contributed by atoms with Crippen LogP contribution in [0.15, 0.2) is 36.7 Å². The molecular formula is C15H18Cl2N3O3P. The lowest BCUT2D eigenvalue weighted by Gasteiger charge is -2.28. The molecule has 1 N–H and O–H groups in total. The van der Waals surface area contributed by atoms with Crippen LogP contribution in [0.3, 0.4) is 0 Å². The molecule has 9 heteroatoms. The van der Waals surface area contributed by atoms with Crippen LogP contribution < -0.4 is 5.32 Å². The van der Waals surface area contributed by atoms with Gasteiger partial charge in [-0.3, -0.25) is 4.57 Å². The van der Waals surface area contributed by atoms with Gasteiger partial charge in [-0.25, -0.2) is 9.97 Å². The van der Waals surface area contributed by atoms with Crippen molar-refractivity contribution < 1.29 is 13.6 Å². The topological polar surface area (TPSA) is 73.3 Å². The van der Waals surface area contributed by atoms with Crippen molar-refractivity contribution in [1.29, 1.82) is 0 Å². The first-order chi connectivity index (χ1) is 11.5. The monoisotopic (exact) mass is 389 g/mol. The Balaban J connectivity index is 2.49. The van der Waals surface area contributed by atoms with Gasteiger partial charge >= 0.3 is 7.60 Å². The molecule has 0 aliphatic carbocycles. The van der Waals surface area contributed by atoms with Gasteiger partial charge < -0.3 is 14.4 Å². The predicted molar refractivity (Wildman–Crippen MR) is 95.7 cm³/mol. The molecular weight excluding hydrogens is 372 g/mol. The molecule has 1 aromatic carbocycles. The molecule has 1 atom stereocenters. The van der Waals surface area contributed by atoms with Crippen molar-refractivity contribution in [2.24, 2.45) is 0 Å². The van der Waals surface area contributed by atoms with E-state index < -0.39 is 13.4 Å². The molecule has 0 aliphatic rings. The number of hydrogen-bond donors (Lipinski definition) is 1. The average Bonchev–Trinajstić information content (AvgIpc) is 2.55.